The molecule has 3 rings (SSSR count). The second-order valence-electron chi connectivity index (χ2n) is 4.96. The lowest BCUT2D eigenvalue weighted by molar-refractivity contribution is 0.340. The zero-order valence-electron chi connectivity index (χ0n) is 12.2. The van der Waals surface area contributed by atoms with Crippen LogP contribution in [0.15, 0.2) is 66.7 Å². The van der Waals surface area contributed by atoms with E-state index in [4.69, 9.17) is 4.74 Å². The third-order valence-electron chi connectivity index (χ3n) is 3.48. The molecule has 0 radical (unpaired) electrons. The maximum absolute atomic E-state index is 5.54. The normalized spacial score (nSPS) is 10.5. The molecule has 0 heterocycles. The van der Waals surface area contributed by atoms with Gasteiger partial charge in [-0.15, -0.1) is 0 Å². The average molecular weight is 277 g/mol. The predicted octanol–water partition coefficient (Wildman–Crippen LogP) is 4.85. The number of nitrogens with one attached hydrogen (secondary N) is 1. The van der Waals surface area contributed by atoms with E-state index in [0.29, 0.717) is 6.61 Å². The standard InChI is InChI=1S/C19H19NO/c1-2-21-17-10-5-7-15(13-17)14-20-19-12-6-9-16-8-3-4-11-18(16)19/h3-13,20H,2,14H2,1H3. The highest BCUT2D eigenvalue weighted by Gasteiger charge is 2.01. The van der Waals surface area contributed by atoms with Gasteiger partial charge in [-0.1, -0.05) is 48.5 Å². The van der Waals surface area contributed by atoms with Crippen molar-refractivity contribution in [3.05, 3.63) is 72.3 Å². The van der Waals surface area contributed by atoms with Gasteiger partial charge in [-0.25, -0.2) is 0 Å². The minimum absolute atomic E-state index is 0.695. The SMILES string of the molecule is CCOc1cccc(CNc2cccc3ccccc23)c1. The Morgan fingerprint density at radius 2 is 1.71 bits per heavy atom. The topological polar surface area (TPSA) is 21.3 Å². The third-order valence-corrected chi connectivity index (χ3v) is 3.48. The average Bonchev–Trinajstić information content (AvgIpc) is 2.53. The zero-order chi connectivity index (χ0) is 14.5. The van der Waals surface area contributed by atoms with Crippen LogP contribution in [0, 0.1) is 0 Å². The van der Waals surface area contributed by atoms with Gasteiger partial charge in [-0.3, -0.25) is 0 Å². The Kier molecular flexibility index (Phi) is 4.06. The highest BCUT2D eigenvalue weighted by atomic mass is 16.5. The molecule has 3 aromatic carbocycles. The van der Waals surface area contributed by atoms with Crippen molar-refractivity contribution in [2.45, 2.75) is 13.5 Å². The van der Waals surface area contributed by atoms with Crippen molar-refractivity contribution in [3.8, 4) is 5.75 Å². The molecule has 106 valence electrons. The summed E-state index contributed by atoms with van der Waals surface area (Å²) in [6, 6.07) is 23.0. The van der Waals surface area contributed by atoms with E-state index in [1.807, 2.05) is 19.1 Å². The molecule has 0 atom stereocenters. The minimum Gasteiger partial charge on any atom is -0.494 e. The summed E-state index contributed by atoms with van der Waals surface area (Å²) in [6.07, 6.45) is 0. The summed E-state index contributed by atoms with van der Waals surface area (Å²) in [4.78, 5) is 0. The number of ether oxygens (including phenoxy) is 1. The van der Waals surface area contributed by atoms with Crippen LogP contribution >= 0.6 is 0 Å². The fraction of sp³-hybridized carbons (Fsp3) is 0.158. The number of benzene rings is 3. The van der Waals surface area contributed by atoms with E-state index in [9.17, 15) is 0 Å². The molecule has 0 unspecified atom stereocenters. The van der Waals surface area contributed by atoms with E-state index in [2.05, 4.69) is 59.9 Å². The monoisotopic (exact) mass is 277 g/mol. The molecular formula is C19H19NO. The molecule has 0 aliphatic rings. The van der Waals surface area contributed by atoms with Gasteiger partial charge in [0.05, 0.1) is 6.61 Å². The lowest BCUT2D eigenvalue weighted by Crippen LogP contribution is -2.00. The molecule has 2 heteroatoms. The van der Waals surface area contributed by atoms with E-state index in [1.54, 1.807) is 0 Å². The summed E-state index contributed by atoms with van der Waals surface area (Å²) in [5.41, 5.74) is 2.38. The van der Waals surface area contributed by atoms with Crippen molar-refractivity contribution < 1.29 is 4.74 Å². The van der Waals surface area contributed by atoms with Gasteiger partial charge >= 0.3 is 0 Å². The maximum atomic E-state index is 5.54. The molecule has 0 aliphatic carbocycles. The van der Waals surface area contributed by atoms with Crippen LogP contribution in [0.1, 0.15) is 12.5 Å². The first-order valence-electron chi connectivity index (χ1n) is 7.30. The maximum Gasteiger partial charge on any atom is 0.119 e. The zero-order valence-corrected chi connectivity index (χ0v) is 12.2. The Bertz CT molecular complexity index is 731. The number of fused-ring (bicyclic) bond motifs is 1. The van der Waals surface area contributed by atoms with E-state index in [0.717, 1.165) is 18.0 Å². The molecule has 0 saturated carbocycles. The second kappa shape index (κ2) is 6.31. The first-order valence-corrected chi connectivity index (χ1v) is 7.30. The molecule has 3 aromatic rings. The Morgan fingerprint density at radius 3 is 2.62 bits per heavy atom. The molecule has 2 nitrogen and oxygen atoms in total. The molecule has 0 aromatic heterocycles. The predicted molar refractivity (Wildman–Crippen MR) is 88.9 cm³/mol. The van der Waals surface area contributed by atoms with Crippen molar-refractivity contribution in [1.82, 2.24) is 0 Å². The van der Waals surface area contributed by atoms with Gasteiger partial charge in [0.15, 0.2) is 0 Å². The van der Waals surface area contributed by atoms with E-state index >= 15 is 0 Å². The number of hydrogen-bond donors (Lipinski definition) is 1. The largest absolute Gasteiger partial charge is 0.494 e. The smallest absolute Gasteiger partial charge is 0.119 e. The van der Waals surface area contributed by atoms with Crippen molar-refractivity contribution in [2.24, 2.45) is 0 Å². The van der Waals surface area contributed by atoms with Crippen LogP contribution in [-0.4, -0.2) is 6.61 Å². The first kappa shape index (κ1) is 13.5. The summed E-state index contributed by atoms with van der Waals surface area (Å²) in [6.45, 7) is 3.48. The summed E-state index contributed by atoms with van der Waals surface area (Å²) in [5, 5.41) is 6.02. The van der Waals surface area contributed by atoms with E-state index in [1.165, 1.54) is 16.3 Å². The molecule has 0 spiro atoms. The first-order chi connectivity index (χ1) is 10.4. The lowest BCUT2D eigenvalue weighted by atomic mass is 10.1. The van der Waals surface area contributed by atoms with Crippen LogP contribution in [-0.2, 0) is 6.54 Å². The van der Waals surface area contributed by atoms with Crippen molar-refractivity contribution in [1.29, 1.82) is 0 Å². The van der Waals surface area contributed by atoms with Gasteiger partial charge < -0.3 is 10.1 Å². The number of rotatable bonds is 5. The lowest BCUT2D eigenvalue weighted by Gasteiger charge is -2.11. The molecule has 21 heavy (non-hydrogen) atoms. The van der Waals surface area contributed by atoms with Crippen LogP contribution in [0.3, 0.4) is 0 Å². The fourth-order valence-corrected chi connectivity index (χ4v) is 2.49. The third kappa shape index (κ3) is 3.16. The van der Waals surface area contributed by atoms with E-state index in [-0.39, 0.29) is 0 Å². The van der Waals surface area contributed by atoms with Gasteiger partial charge in [0.25, 0.3) is 0 Å². The van der Waals surface area contributed by atoms with Gasteiger partial charge in [0, 0.05) is 17.6 Å². The highest BCUT2D eigenvalue weighted by molar-refractivity contribution is 5.93. The quantitative estimate of drug-likeness (QED) is 0.719. The second-order valence-corrected chi connectivity index (χ2v) is 4.96. The van der Waals surface area contributed by atoms with Crippen LogP contribution in [0.2, 0.25) is 0 Å². The summed E-state index contributed by atoms with van der Waals surface area (Å²) in [5.74, 6) is 0.926. The molecular weight excluding hydrogens is 258 g/mol. The Morgan fingerprint density at radius 1 is 0.905 bits per heavy atom. The molecule has 0 fully saturated rings. The summed E-state index contributed by atoms with van der Waals surface area (Å²) < 4.78 is 5.54. The van der Waals surface area contributed by atoms with Crippen molar-refractivity contribution >= 4 is 16.5 Å². The van der Waals surface area contributed by atoms with Crippen LogP contribution < -0.4 is 10.1 Å². The molecule has 0 amide bonds. The van der Waals surface area contributed by atoms with Gasteiger partial charge in [-0.05, 0) is 36.1 Å². The van der Waals surface area contributed by atoms with Crippen LogP contribution in [0.5, 0.6) is 5.75 Å². The van der Waals surface area contributed by atoms with Gasteiger partial charge in [0.1, 0.15) is 5.75 Å². The van der Waals surface area contributed by atoms with E-state index < -0.39 is 0 Å². The van der Waals surface area contributed by atoms with Crippen molar-refractivity contribution in [2.75, 3.05) is 11.9 Å². The number of hydrogen-bond acceptors (Lipinski definition) is 2. The van der Waals surface area contributed by atoms with Crippen molar-refractivity contribution in [3.63, 3.8) is 0 Å². The Balaban J connectivity index is 1.79. The molecule has 0 bridgehead atoms. The van der Waals surface area contributed by atoms with Gasteiger partial charge in [0.2, 0.25) is 0 Å². The molecule has 1 N–H and O–H groups in total. The minimum atomic E-state index is 0.695. The van der Waals surface area contributed by atoms with Crippen LogP contribution in [0.25, 0.3) is 10.8 Å². The molecule has 0 aliphatic heterocycles. The number of anilines is 1. The Labute approximate surface area is 125 Å². The van der Waals surface area contributed by atoms with Gasteiger partial charge in [-0.2, -0.15) is 0 Å². The van der Waals surface area contributed by atoms with Crippen LogP contribution in [0.4, 0.5) is 5.69 Å². The Hall–Kier alpha value is -2.48. The molecule has 0 saturated heterocycles. The highest BCUT2D eigenvalue weighted by Crippen LogP contribution is 2.24. The summed E-state index contributed by atoms with van der Waals surface area (Å²) in [7, 11) is 0. The summed E-state index contributed by atoms with van der Waals surface area (Å²) >= 11 is 0. The fourth-order valence-electron chi connectivity index (χ4n) is 2.49.